The molecule has 0 fully saturated rings. The fourth-order valence-corrected chi connectivity index (χ4v) is 2.10. The molecule has 108 valence electrons. The largest absolute Gasteiger partial charge is 0.370 e. The van der Waals surface area contributed by atoms with E-state index in [2.05, 4.69) is 10.3 Å². The molecule has 0 radical (unpaired) electrons. The van der Waals surface area contributed by atoms with E-state index in [9.17, 15) is 13.2 Å². The molecule has 1 aromatic carbocycles. The molecule has 1 N–H and O–H groups in total. The van der Waals surface area contributed by atoms with Gasteiger partial charge in [0.25, 0.3) is 0 Å². The summed E-state index contributed by atoms with van der Waals surface area (Å²) >= 11 is 0. The van der Waals surface area contributed by atoms with Crippen molar-refractivity contribution in [1.29, 1.82) is 0 Å². The van der Waals surface area contributed by atoms with Crippen molar-refractivity contribution in [2.75, 3.05) is 11.9 Å². The first-order valence-corrected chi connectivity index (χ1v) is 6.48. The monoisotopic (exact) mass is 282 g/mol. The van der Waals surface area contributed by atoms with Gasteiger partial charge in [0.05, 0.1) is 0 Å². The van der Waals surface area contributed by atoms with Gasteiger partial charge in [-0.25, -0.2) is 18.2 Å². The van der Waals surface area contributed by atoms with Gasteiger partial charge < -0.3 is 5.32 Å². The fraction of sp³-hybridized carbons (Fsp3) is 0.400. The Morgan fingerprint density at radius 1 is 1.10 bits per heavy atom. The molecule has 0 unspecified atom stereocenters. The van der Waals surface area contributed by atoms with Crippen molar-refractivity contribution in [3.05, 3.63) is 35.1 Å². The van der Waals surface area contributed by atoms with Gasteiger partial charge in [-0.05, 0) is 24.5 Å². The summed E-state index contributed by atoms with van der Waals surface area (Å²) in [5.41, 5.74) is 0.421. The first-order valence-electron chi connectivity index (χ1n) is 6.48. The molecular formula is C15H17F3N2. The van der Waals surface area contributed by atoms with Gasteiger partial charge in [0.2, 0.25) is 0 Å². The summed E-state index contributed by atoms with van der Waals surface area (Å²) in [7, 11) is 0. The molecule has 0 aliphatic carbocycles. The van der Waals surface area contributed by atoms with Gasteiger partial charge in [0.1, 0.15) is 11.3 Å². The topological polar surface area (TPSA) is 24.9 Å². The van der Waals surface area contributed by atoms with Crippen LogP contribution in [0.25, 0.3) is 10.9 Å². The number of rotatable bonds is 2. The van der Waals surface area contributed by atoms with E-state index in [1.54, 1.807) is 6.07 Å². The molecule has 1 heterocycles. The van der Waals surface area contributed by atoms with Crippen LogP contribution in [-0.2, 0) is 5.41 Å². The molecular weight excluding hydrogens is 265 g/mol. The Bertz CT molecular complexity index is 660. The van der Waals surface area contributed by atoms with Gasteiger partial charge >= 0.3 is 0 Å². The third-order valence-electron chi connectivity index (χ3n) is 3.10. The number of halogens is 3. The SMILES string of the molecule is CCNc1nc2c(F)c(F)c(F)cc2cc1C(C)(C)C. The molecule has 2 nitrogen and oxygen atoms in total. The van der Waals surface area contributed by atoms with Crippen molar-refractivity contribution in [2.45, 2.75) is 33.1 Å². The maximum absolute atomic E-state index is 13.8. The van der Waals surface area contributed by atoms with Gasteiger partial charge in [-0.1, -0.05) is 20.8 Å². The molecule has 0 aliphatic heterocycles. The molecule has 0 saturated carbocycles. The van der Waals surface area contributed by atoms with Crippen molar-refractivity contribution in [3.63, 3.8) is 0 Å². The Morgan fingerprint density at radius 2 is 1.75 bits per heavy atom. The van der Waals surface area contributed by atoms with Gasteiger partial charge in [-0.2, -0.15) is 0 Å². The fourth-order valence-electron chi connectivity index (χ4n) is 2.10. The lowest BCUT2D eigenvalue weighted by molar-refractivity contribution is 0.452. The molecule has 0 saturated heterocycles. The number of aromatic nitrogens is 1. The van der Waals surface area contributed by atoms with E-state index in [1.165, 1.54) is 0 Å². The minimum Gasteiger partial charge on any atom is -0.370 e. The predicted octanol–water partition coefficient (Wildman–Crippen LogP) is 4.38. The Morgan fingerprint density at radius 3 is 2.30 bits per heavy atom. The first kappa shape index (κ1) is 14.6. The zero-order chi connectivity index (χ0) is 15.1. The Balaban J connectivity index is 2.82. The maximum Gasteiger partial charge on any atom is 0.196 e. The molecule has 20 heavy (non-hydrogen) atoms. The number of hydrogen-bond donors (Lipinski definition) is 1. The molecule has 1 aromatic heterocycles. The molecule has 5 heteroatoms. The highest BCUT2D eigenvalue weighted by Crippen LogP contribution is 2.33. The number of pyridine rings is 1. The van der Waals surface area contributed by atoms with Crippen LogP contribution in [0.3, 0.4) is 0 Å². The van der Waals surface area contributed by atoms with Crippen LogP contribution in [0.4, 0.5) is 19.0 Å². The van der Waals surface area contributed by atoms with Crippen molar-refractivity contribution < 1.29 is 13.2 Å². The second kappa shape index (κ2) is 4.96. The number of fused-ring (bicyclic) bond motifs is 1. The minimum absolute atomic E-state index is 0.159. The van der Waals surface area contributed by atoms with Crippen LogP contribution in [-0.4, -0.2) is 11.5 Å². The minimum atomic E-state index is -1.49. The summed E-state index contributed by atoms with van der Waals surface area (Å²) in [5.74, 6) is -3.44. The average molecular weight is 282 g/mol. The summed E-state index contributed by atoms with van der Waals surface area (Å²) in [6.45, 7) is 8.43. The van der Waals surface area contributed by atoms with Crippen molar-refractivity contribution in [2.24, 2.45) is 0 Å². The van der Waals surface area contributed by atoms with Crippen LogP contribution in [0.1, 0.15) is 33.3 Å². The quantitative estimate of drug-likeness (QED) is 0.827. The van der Waals surface area contributed by atoms with E-state index in [1.807, 2.05) is 27.7 Å². The van der Waals surface area contributed by atoms with Crippen LogP contribution < -0.4 is 5.32 Å². The standard InChI is InChI=1S/C15H17F3N2/c1-5-19-14-9(15(2,3)4)6-8-7-10(16)11(17)12(18)13(8)20-14/h6-7H,5H2,1-4H3,(H,19,20). The number of hydrogen-bond acceptors (Lipinski definition) is 2. The second-order valence-corrected chi connectivity index (χ2v) is 5.72. The van der Waals surface area contributed by atoms with E-state index < -0.39 is 17.5 Å². The maximum atomic E-state index is 13.8. The number of nitrogens with zero attached hydrogens (tertiary/aromatic N) is 1. The van der Waals surface area contributed by atoms with Crippen LogP contribution in [0, 0.1) is 17.5 Å². The average Bonchev–Trinajstić information content (AvgIpc) is 2.35. The number of anilines is 1. The summed E-state index contributed by atoms with van der Waals surface area (Å²) in [6, 6.07) is 2.64. The van der Waals surface area contributed by atoms with Gasteiger partial charge in [0.15, 0.2) is 17.5 Å². The number of nitrogens with one attached hydrogen (secondary N) is 1. The number of benzene rings is 1. The lowest BCUT2D eigenvalue weighted by atomic mass is 9.86. The summed E-state index contributed by atoms with van der Waals surface area (Å²) in [4.78, 5) is 4.14. The highest BCUT2D eigenvalue weighted by Gasteiger charge is 2.22. The molecule has 0 aliphatic rings. The molecule has 0 atom stereocenters. The molecule has 2 aromatic rings. The highest BCUT2D eigenvalue weighted by atomic mass is 19.2. The van der Waals surface area contributed by atoms with Crippen LogP contribution in [0.2, 0.25) is 0 Å². The van der Waals surface area contributed by atoms with E-state index in [4.69, 9.17) is 0 Å². The van der Waals surface area contributed by atoms with Crippen LogP contribution >= 0.6 is 0 Å². The highest BCUT2D eigenvalue weighted by molar-refractivity contribution is 5.83. The summed E-state index contributed by atoms with van der Waals surface area (Å²) in [6.07, 6.45) is 0. The van der Waals surface area contributed by atoms with Crippen LogP contribution in [0.15, 0.2) is 12.1 Å². The summed E-state index contributed by atoms with van der Waals surface area (Å²) < 4.78 is 40.4. The van der Waals surface area contributed by atoms with Crippen LogP contribution in [0.5, 0.6) is 0 Å². The molecule has 0 amide bonds. The third-order valence-corrected chi connectivity index (χ3v) is 3.10. The zero-order valence-electron chi connectivity index (χ0n) is 11.9. The zero-order valence-corrected chi connectivity index (χ0v) is 11.9. The normalized spacial score (nSPS) is 11.9. The lowest BCUT2D eigenvalue weighted by Crippen LogP contribution is -2.16. The van der Waals surface area contributed by atoms with E-state index in [0.29, 0.717) is 12.4 Å². The predicted molar refractivity (Wildman–Crippen MR) is 74.5 cm³/mol. The van der Waals surface area contributed by atoms with E-state index in [-0.39, 0.29) is 16.3 Å². The second-order valence-electron chi connectivity index (χ2n) is 5.72. The van der Waals surface area contributed by atoms with Crippen molar-refractivity contribution >= 4 is 16.7 Å². The van der Waals surface area contributed by atoms with Crippen molar-refractivity contribution in [1.82, 2.24) is 4.98 Å². The Hall–Kier alpha value is -1.78. The van der Waals surface area contributed by atoms with E-state index in [0.717, 1.165) is 11.6 Å². The van der Waals surface area contributed by atoms with Crippen molar-refractivity contribution in [3.8, 4) is 0 Å². The first-order chi connectivity index (χ1) is 9.25. The summed E-state index contributed by atoms with van der Waals surface area (Å²) in [5, 5.41) is 3.30. The molecule has 2 rings (SSSR count). The third kappa shape index (κ3) is 2.44. The van der Waals surface area contributed by atoms with Gasteiger partial charge in [0, 0.05) is 17.5 Å². The smallest absolute Gasteiger partial charge is 0.196 e. The molecule has 0 bridgehead atoms. The Kier molecular flexibility index (Phi) is 3.63. The Labute approximate surface area is 116 Å². The van der Waals surface area contributed by atoms with Gasteiger partial charge in [-0.3, -0.25) is 0 Å². The van der Waals surface area contributed by atoms with Gasteiger partial charge in [-0.15, -0.1) is 0 Å². The van der Waals surface area contributed by atoms with E-state index >= 15 is 0 Å². The lowest BCUT2D eigenvalue weighted by Gasteiger charge is -2.23. The molecule has 0 spiro atoms.